The molecule has 0 aromatic heterocycles. The molecule has 144 valence electrons. The Morgan fingerprint density at radius 2 is 1.80 bits per heavy atom. The lowest BCUT2D eigenvalue weighted by molar-refractivity contribution is -0.583. The summed E-state index contributed by atoms with van der Waals surface area (Å²) in [6.07, 6.45) is -2.15. The maximum absolute atomic E-state index is 13.8. The third kappa shape index (κ3) is 2.21. The Morgan fingerprint density at radius 3 is 2.44 bits per heavy atom. The molecule has 4 aliphatic heterocycles. The quantitative estimate of drug-likeness (QED) is 0.721. The highest BCUT2D eigenvalue weighted by Gasteiger charge is 2.75. The summed E-state index contributed by atoms with van der Waals surface area (Å²) in [6, 6.07) is 0. The van der Waals surface area contributed by atoms with E-state index >= 15 is 0 Å². The molecule has 1 spiro atoms. The first-order valence-corrected chi connectivity index (χ1v) is 9.15. The molecule has 8 atom stereocenters. The van der Waals surface area contributed by atoms with E-state index in [1.807, 2.05) is 0 Å². The number of hydrogen-bond acceptors (Lipinski definition) is 5. The van der Waals surface area contributed by atoms with Crippen LogP contribution < -0.4 is 5.73 Å². The molecule has 0 unspecified atom stereocenters. The van der Waals surface area contributed by atoms with Crippen LogP contribution in [0.25, 0.3) is 0 Å². The van der Waals surface area contributed by atoms with Crippen molar-refractivity contribution in [2.75, 3.05) is 0 Å². The molecule has 8 heteroatoms. The van der Waals surface area contributed by atoms with Crippen LogP contribution in [0.1, 0.15) is 52.9 Å². The van der Waals surface area contributed by atoms with Gasteiger partial charge < -0.3 is 9.47 Å². The third-order valence-electron chi connectivity index (χ3n) is 7.12. The van der Waals surface area contributed by atoms with E-state index in [4.69, 9.17) is 25.0 Å². The minimum absolute atomic E-state index is 0.0332. The summed E-state index contributed by atoms with van der Waals surface area (Å²) in [7, 11) is 0. The molecule has 0 aromatic rings. The summed E-state index contributed by atoms with van der Waals surface area (Å²) in [4.78, 5) is 11.5. The van der Waals surface area contributed by atoms with Crippen LogP contribution in [0.2, 0.25) is 0 Å². The van der Waals surface area contributed by atoms with Crippen LogP contribution in [0, 0.1) is 23.7 Å². The van der Waals surface area contributed by atoms with Gasteiger partial charge in [0.15, 0.2) is 11.9 Å². The highest BCUT2D eigenvalue weighted by atomic mass is 19.4. The van der Waals surface area contributed by atoms with Crippen LogP contribution >= 0.6 is 0 Å². The van der Waals surface area contributed by atoms with Crippen LogP contribution in [0.4, 0.5) is 13.2 Å². The highest BCUT2D eigenvalue weighted by Crippen LogP contribution is 2.63. The van der Waals surface area contributed by atoms with Gasteiger partial charge in [-0.2, -0.15) is 13.2 Å². The number of fused-ring (bicyclic) bond motifs is 2. The van der Waals surface area contributed by atoms with Crippen LogP contribution in [-0.2, 0) is 19.2 Å². The molecule has 0 aromatic carbocycles. The van der Waals surface area contributed by atoms with Gasteiger partial charge in [0.2, 0.25) is 11.5 Å². The zero-order valence-corrected chi connectivity index (χ0v) is 14.8. The lowest BCUT2D eigenvalue weighted by Crippen LogP contribution is -2.77. The van der Waals surface area contributed by atoms with Gasteiger partial charge in [-0.15, -0.1) is 0 Å². The van der Waals surface area contributed by atoms with Crippen LogP contribution in [-0.4, -0.2) is 29.6 Å². The van der Waals surface area contributed by atoms with Crippen molar-refractivity contribution in [3.05, 3.63) is 0 Å². The summed E-state index contributed by atoms with van der Waals surface area (Å²) >= 11 is 0. The average Bonchev–Trinajstić information content (AvgIpc) is 2.76. The highest BCUT2D eigenvalue weighted by molar-refractivity contribution is 5.13. The van der Waals surface area contributed by atoms with Crippen molar-refractivity contribution in [1.82, 2.24) is 0 Å². The second-order valence-electron chi connectivity index (χ2n) is 8.30. The summed E-state index contributed by atoms with van der Waals surface area (Å²) in [5.41, 5.74) is 2.01. The van der Waals surface area contributed by atoms with E-state index in [0.29, 0.717) is 18.8 Å². The number of ether oxygens (including phenoxy) is 2. The van der Waals surface area contributed by atoms with Gasteiger partial charge >= 0.3 is 6.18 Å². The van der Waals surface area contributed by atoms with Gasteiger partial charge in [-0.05, 0) is 38.0 Å². The molecular weight excluding hydrogens is 339 g/mol. The van der Waals surface area contributed by atoms with E-state index < -0.39 is 41.4 Å². The van der Waals surface area contributed by atoms with Crippen molar-refractivity contribution in [1.29, 1.82) is 0 Å². The normalized spacial score (nSPS) is 55.6. The van der Waals surface area contributed by atoms with E-state index in [0.717, 1.165) is 19.3 Å². The summed E-state index contributed by atoms with van der Waals surface area (Å²) in [5.74, 6) is -2.13. The molecule has 5 aliphatic rings. The maximum atomic E-state index is 13.8. The Labute approximate surface area is 145 Å². The summed E-state index contributed by atoms with van der Waals surface area (Å²) < 4.78 is 52.7. The molecule has 1 saturated carbocycles. The molecule has 5 fully saturated rings. The Kier molecular flexibility index (Phi) is 3.82. The van der Waals surface area contributed by atoms with Crippen LogP contribution in [0.3, 0.4) is 0 Å². The Bertz CT molecular complexity index is 557. The minimum Gasteiger partial charge on any atom is -0.319 e. The van der Waals surface area contributed by atoms with Gasteiger partial charge in [0.05, 0.1) is 0 Å². The van der Waals surface area contributed by atoms with Crippen molar-refractivity contribution in [3.63, 3.8) is 0 Å². The molecule has 25 heavy (non-hydrogen) atoms. The Balaban J connectivity index is 1.83. The average molecular weight is 365 g/mol. The minimum atomic E-state index is -4.69. The molecule has 2 N–H and O–H groups in total. The SMILES string of the molecule is CC[C@@H]1CC[C@H]2[C@@H](C)[C@](N)(C(F)(F)F)O[C@@H]3O[C@]4(C)CC[C@@H]1[C@]32OO4. The van der Waals surface area contributed by atoms with E-state index in [-0.39, 0.29) is 5.92 Å². The van der Waals surface area contributed by atoms with Crippen molar-refractivity contribution in [2.24, 2.45) is 29.4 Å². The molecule has 1 aliphatic carbocycles. The van der Waals surface area contributed by atoms with E-state index in [9.17, 15) is 13.2 Å². The molecule has 5 nitrogen and oxygen atoms in total. The van der Waals surface area contributed by atoms with Crippen LogP contribution in [0.5, 0.6) is 0 Å². The number of alkyl halides is 3. The fraction of sp³-hybridized carbons (Fsp3) is 1.00. The first-order valence-electron chi connectivity index (χ1n) is 9.15. The van der Waals surface area contributed by atoms with Crippen molar-refractivity contribution in [2.45, 2.75) is 82.5 Å². The molecule has 4 heterocycles. The number of halogens is 3. The lowest BCUT2D eigenvalue weighted by Gasteiger charge is -2.62. The maximum Gasteiger partial charge on any atom is 0.431 e. The number of rotatable bonds is 1. The second kappa shape index (κ2) is 5.32. The number of nitrogens with two attached hydrogens (primary N) is 1. The topological polar surface area (TPSA) is 62.9 Å². The van der Waals surface area contributed by atoms with Crippen molar-refractivity contribution in [3.8, 4) is 0 Å². The van der Waals surface area contributed by atoms with Gasteiger partial charge in [0, 0.05) is 18.3 Å². The number of hydrogen-bond donors (Lipinski definition) is 1. The van der Waals surface area contributed by atoms with E-state index in [1.165, 1.54) is 6.92 Å². The smallest absolute Gasteiger partial charge is 0.319 e. The zero-order valence-electron chi connectivity index (χ0n) is 14.8. The van der Waals surface area contributed by atoms with Gasteiger partial charge in [0.25, 0.3) is 0 Å². The first-order chi connectivity index (χ1) is 11.6. The molecular formula is C17H26F3NO4. The standard InChI is InChI=1S/C17H26F3NO4/c1-4-10-5-6-11-9(2)16(21,17(18,19)20)23-13-15(11)12(10)7-8-14(3,22-13)24-25-15/h9-13H,4-8,21H2,1-3H3/t9-,10-,11+,12+,13+,14+,15+,16-/m1/s1. The molecule has 2 bridgehead atoms. The predicted molar refractivity (Wildman–Crippen MR) is 80.6 cm³/mol. The fourth-order valence-electron chi connectivity index (χ4n) is 5.61. The monoisotopic (exact) mass is 365 g/mol. The first kappa shape index (κ1) is 18.0. The lowest BCUT2D eigenvalue weighted by atomic mass is 9.56. The van der Waals surface area contributed by atoms with Gasteiger partial charge in [-0.25, -0.2) is 9.78 Å². The van der Waals surface area contributed by atoms with Crippen LogP contribution in [0.15, 0.2) is 0 Å². The third-order valence-corrected chi connectivity index (χ3v) is 7.12. The van der Waals surface area contributed by atoms with Crippen molar-refractivity contribution < 1.29 is 32.4 Å². The fourth-order valence-corrected chi connectivity index (χ4v) is 5.61. The molecule has 0 amide bonds. The van der Waals surface area contributed by atoms with E-state index in [1.54, 1.807) is 6.92 Å². The van der Waals surface area contributed by atoms with Gasteiger partial charge in [-0.1, -0.05) is 20.3 Å². The second-order valence-corrected chi connectivity index (χ2v) is 8.30. The molecule has 4 saturated heterocycles. The zero-order chi connectivity index (χ0) is 18.3. The van der Waals surface area contributed by atoms with Gasteiger partial charge in [-0.3, -0.25) is 5.73 Å². The Morgan fingerprint density at radius 1 is 1.08 bits per heavy atom. The largest absolute Gasteiger partial charge is 0.431 e. The van der Waals surface area contributed by atoms with E-state index in [2.05, 4.69) is 6.92 Å². The molecule has 0 radical (unpaired) electrons. The summed E-state index contributed by atoms with van der Waals surface area (Å²) in [5, 5.41) is 0. The van der Waals surface area contributed by atoms with Crippen molar-refractivity contribution >= 4 is 0 Å². The summed E-state index contributed by atoms with van der Waals surface area (Å²) in [6.45, 7) is 5.29. The molecule has 5 rings (SSSR count). The van der Waals surface area contributed by atoms with Gasteiger partial charge in [0.1, 0.15) is 0 Å². The Hall–Kier alpha value is -0.410. The predicted octanol–water partition coefficient (Wildman–Crippen LogP) is 3.48.